The second-order valence-corrected chi connectivity index (χ2v) is 5.90. The second-order valence-electron chi connectivity index (χ2n) is 5.90. The van der Waals surface area contributed by atoms with E-state index in [1.54, 1.807) is 6.20 Å². The van der Waals surface area contributed by atoms with E-state index in [0.29, 0.717) is 6.42 Å². The highest BCUT2D eigenvalue weighted by Crippen LogP contribution is 2.22. The van der Waals surface area contributed by atoms with Gasteiger partial charge < -0.3 is 15.6 Å². The van der Waals surface area contributed by atoms with Crippen molar-refractivity contribution >= 4 is 16.9 Å². The number of piperidine rings is 1. The molecule has 1 fully saturated rings. The maximum atomic E-state index is 12.7. The monoisotopic (exact) mass is 286 g/mol. The SMILES string of the molecule is CC(N)C1CCCCN1C(=O)Cc1c[nH]c2ncccc12. The maximum absolute atomic E-state index is 12.7. The zero-order valence-corrected chi connectivity index (χ0v) is 12.4. The van der Waals surface area contributed by atoms with Gasteiger partial charge >= 0.3 is 0 Å². The number of nitrogens with two attached hydrogens (primary N) is 1. The Kier molecular flexibility index (Phi) is 3.92. The number of carbonyl (C=O) groups is 1. The maximum Gasteiger partial charge on any atom is 0.227 e. The van der Waals surface area contributed by atoms with Gasteiger partial charge in [-0.15, -0.1) is 0 Å². The van der Waals surface area contributed by atoms with Crippen molar-refractivity contribution in [2.75, 3.05) is 6.54 Å². The Balaban J connectivity index is 1.79. The molecule has 0 saturated carbocycles. The zero-order chi connectivity index (χ0) is 14.8. The molecule has 3 rings (SSSR count). The number of nitrogens with one attached hydrogen (secondary N) is 1. The van der Waals surface area contributed by atoms with Gasteiger partial charge in [0.2, 0.25) is 5.91 Å². The molecule has 1 aliphatic rings. The molecule has 0 radical (unpaired) electrons. The average Bonchev–Trinajstić information content (AvgIpc) is 2.90. The Labute approximate surface area is 124 Å². The minimum atomic E-state index is 0.0267. The third-order valence-electron chi connectivity index (χ3n) is 4.35. The van der Waals surface area contributed by atoms with Crippen LogP contribution in [0.1, 0.15) is 31.7 Å². The normalized spacial score (nSPS) is 20.7. The molecule has 1 saturated heterocycles. The van der Waals surface area contributed by atoms with E-state index in [2.05, 4.69) is 9.97 Å². The number of likely N-dealkylation sites (tertiary alicyclic amines) is 1. The van der Waals surface area contributed by atoms with E-state index < -0.39 is 0 Å². The van der Waals surface area contributed by atoms with Crippen LogP contribution in [0.25, 0.3) is 11.0 Å². The summed E-state index contributed by atoms with van der Waals surface area (Å²) in [5, 5.41) is 1.03. The van der Waals surface area contributed by atoms with E-state index in [1.165, 1.54) is 0 Å². The highest BCUT2D eigenvalue weighted by atomic mass is 16.2. The third kappa shape index (κ3) is 2.78. The minimum absolute atomic E-state index is 0.0267. The predicted octanol–water partition coefficient (Wildman–Crippen LogP) is 1.83. The predicted molar refractivity (Wildman–Crippen MR) is 82.8 cm³/mol. The molecular weight excluding hydrogens is 264 g/mol. The van der Waals surface area contributed by atoms with Gasteiger partial charge in [-0.05, 0) is 43.9 Å². The van der Waals surface area contributed by atoms with Crippen LogP contribution in [0.4, 0.5) is 0 Å². The summed E-state index contributed by atoms with van der Waals surface area (Å²) in [5.74, 6) is 0.168. The fourth-order valence-electron chi connectivity index (χ4n) is 3.24. The molecule has 21 heavy (non-hydrogen) atoms. The van der Waals surface area contributed by atoms with E-state index in [1.807, 2.05) is 30.2 Å². The highest BCUT2D eigenvalue weighted by molar-refractivity contribution is 5.87. The van der Waals surface area contributed by atoms with Gasteiger partial charge in [0.1, 0.15) is 5.65 Å². The van der Waals surface area contributed by atoms with Crippen LogP contribution in [-0.2, 0) is 11.2 Å². The summed E-state index contributed by atoms with van der Waals surface area (Å²) >= 11 is 0. The van der Waals surface area contributed by atoms with Crippen molar-refractivity contribution < 1.29 is 4.79 Å². The molecule has 3 heterocycles. The molecular formula is C16H22N4O. The number of hydrogen-bond donors (Lipinski definition) is 2. The van der Waals surface area contributed by atoms with Crippen LogP contribution in [0, 0.1) is 0 Å². The molecule has 5 nitrogen and oxygen atoms in total. The first-order chi connectivity index (χ1) is 10.2. The van der Waals surface area contributed by atoms with Crippen LogP contribution >= 0.6 is 0 Å². The van der Waals surface area contributed by atoms with Gasteiger partial charge in [-0.3, -0.25) is 4.79 Å². The summed E-state index contributed by atoms with van der Waals surface area (Å²) in [6.45, 7) is 2.82. The molecule has 1 aliphatic heterocycles. The molecule has 2 aromatic rings. The molecule has 2 aromatic heterocycles. The van der Waals surface area contributed by atoms with Crippen LogP contribution in [0.15, 0.2) is 24.5 Å². The zero-order valence-electron chi connectivity index (χ0n) is 12.4. The fourth-order valence-corrected chi connectivity index (χ4v) is 3.24. The molecule has 5 heteroatoms. The summed E-state index contributed by atoms with van der Waals surface area (Å²) in [6.07, 6.45) is 7.30. The van der Waals surface area contributed by atoms with Crippen LogP contribution in [-0.4, -0.2) is 39.4 Å². The number of H-pyrrole nitrogens is 1. The number of aromatic nitrogens is 2. The number of pyridine rings is 1. The standard InChI is InChI=1S/C16H22N4O/c1-11(17)14-6-2-3-8-20(14)15(21)9-12-10-19-16-13(12)5-4-7-18-16/h4-5,7,10-11,14H,2-3,6,8-9,17H2,1H3,(H,18,19). The fraction of sp³-hybridized carbons (Fsp3) is 0.500. The molecule has 2 atom stereocenters. The number of carbonyl (C=O) groups excluding carboxylic acids is 1. The minimum Gasteiger partial charge on any atom is -0.346 e. The number of hydrogen-bond acceptors (Lipinski definition) is 3. The molecule has 1 amide bonds. The molecule has 112 valence electrons. The van der Waals surface area contributed by atoms with Gasteiger partial charge in [-0.2, -0.15) is 0 Å². The van der Waals surface area contributed by atoms with E-state index in [4.69, 9.17) is 5.73 Å². The summed E-state index contributed by atoms with van der Waals surface area (Å²) in [7, 11) is 0. The van der Waals surface area contributed by atoms with E-state index in [-0.39, 0.29) is 18.0 Å². The molecule has 0 aromatic carbocycles. The molecule has 0 aliphatic carbocycles. The Morgan fingerprint density at radius 3 is 3.24 bits per heavy atom. The quantitative estimate of drug-likeness (QED) is 0.904. The first-order valence-electron chi connectivity index (χ1n) is 7.63. The lowest BCUT2D eigenvalue weighted by atomic mass is 9.96. The van der Waals surface area contributed by atoms with Gasteiger partial charge in [0.15, 0.2) is 0 Å². The van der Waals surface area contributed by atoms with Crippen LogP contribution in [0.3, 0.4) is 0 Å². The first kappa shape index (κ1) is 14.1. The van der Waals surface area contributed by atoms with Crippen molar-refractivity contribution in [2.45, 2.75) is 44.7 Å². The molecule has 3 N–H and O–H groups in total. The van der Waals surface area contributed by atoms with Gasteiger partial charge in [-0.25, -0.2) is 4.98 Å². The number of amides is 1. The number of nitrogens with zero attached hydrogens (tertiary/aromatic N) is 2. The Morgan fingerprint density at radius 1 is 1.57 bits per heavy atom. The van der Waals surface area contributed by atoms with E-state index in [0.717, 1.165) is 42.4 Å². The molecule has 0 spiro atoms. The number of rotatable bonds is 3. The largest absolute Gasteiger partial charge is 0.346 e. The smallest absolute Gasteiger partial charge is 0.227 e. The number of fused-ring (bicyclic) bond motifs is 1. The van der Waals surface area contributed by atoms with Gasteiger partial charge in [0, 0.05) is 36.4 Å². The third-order valence-corrected chi connectivity index (χ3v) is 4.35. The summed E-state index contributed by atoms with van der Waals surface area (Å²) in [6, 6.07) is 4.10. The van der Waals surface area contributed by atoms with Crippen molar-refractivity contribution in [1.29, 1.82) is 0 Å². The lowest BCUT2D eigenvalue weighted by Gasteiger charge is -2.38. The average molecular weight is 286 g/mol. The van der Waals surface area contributed by atoms with Crippen molar-refractivity contribution in [2.24, 2.45) is 5.73 Å². The Bertz CT molecular complexity index is 634. The van der Waals surface area contributed by atoms with E-state index >= 15 is 0 Å². The van der Waals surface area contributed by atoms with Crippen LogP contribution in [0.5, 0.6) is 0 Å². The molecule has 2 unspecified atom stereocenters. The van der Waals surface area contributed by atoms with Crippen LogP contribution < -0.4 is 5.73 Å². The number of aromatic amines is 1. The first-order valence-corrected chi connectivity index (χ1v) is 7.63. The summed E-state index contributed by atoms with van der Waals surface area (Å²) < 4.78 is 0. The topological polar surface area (TPSA) is 75.0 Å². The second kappa shape index (κ2) is 5.85. The van der Waals surface area contributed by atoms with Crippen molar-refractivity contribution in [3.05, 3.63) is 30.1 Å². The lowest BCUT2D eigenvalue weighted by molar-refractivity contribution is -0.134. The lowest BCUT2D eigenvalue weighted by Crippen LogP contribution is -2.52. The Morgan fingerprint density at radius 2 is 2.43 bits per heavy atom. The summed E-state index contributed by atoms with van der Waals surface area (Å²) in [4.78, 5) is 22.0. The van der Waals surface area contributed by atoms with E-state index in [9.17, 15) is 4.79 Å². The van der Waals surface area contributed by atoms with Gasteiger partial charge in [0.05, 0.1) is 6.42 Å². The van der Waals surface area contributed by atoms with Crippen molar-refractivity contribution in [3.8, 4) is 0 Å². The van der Waals surface area contributed by atoms with Gasteiger partial charge in [0.25, 0.3) is 0 Å². The van der Waals surface area contributed by atoms with Gasteiger partial charge in [-0.1, -0.05) is 0 Å². The highest BCUT2D eigenvalue weighted by Gasteiger charge is 2.29. The van der Waals surface area contributed by atoms with Crippen LogP contribution in [0.2, 0.25) is 0 Å². The molecule has 0 bridgehead atoms. The van der Waals surface area contributed by atoms with Crippen molar-refractivity contribution in [1.82, 2.24) is 14.9 Å². The Hall–Kier alpha value is -1.88. The summed E-state index contributed by atoms with van der Waals surface area (Å²) in [5.41, 5.74) is 7.90. The van der Waals surface area contributed by atoms with Crippen molar-refractivity contribution in [3.63, 3.8) is 0 Å².